The molecular weight excluding hydrogens is 288 g/mol. The third kappa shape index (κ3) is 6.71. The Kier molecular flexibility index (Phi) is 5.86. The van der Waals surface area contributed by atoms with Gasteiger partial charge in [0.1, 0.15) is 15.6 Å². The highest BCUT2D eigenvalue weighted by Crippen LogP contribution is 2.14. The van der Waals surface area contributed by atoms with Gasteiger partial charge in [0.15, 0.2) is 0 Å². The second kappa shape index (κ2) is 7.62. The van der Waals surface area contributed by atoms with Crippen LogP contribution in [0.3, 0.4) is 0 Å². The molecule has 0 amide bonds. The van der Waals surface area contributed by atoms with Crippen molar-refractivity contribution in [1.82, 2.24) is 0 Å². The molecule has 10 nitrogen and oxygen atoms in total. The molecule has 10 heteroatoms. The average Bonchev–Trinajstić information content (AvgIpc) is 2.37. The van der Waals surface area contributed by atoms with Gasteiger partial charge in [0.05, 0.1) is 0 Å². The van der Waals surface area contributed by atoms with E-state index in [1.165, 1.54) is 19.1 Å². The molecule has 0 heterocycles. The van der Waals surface area contributed by atoms with Gasteiger partial charge in [-0.1, -0.05) is 12.1 Å². The summed E-state index contributed by atoms with van der Waals surface area (Å²) in [4.78, 5) is 40.1. The summed E-state index contributed by atoms with van der Waals surface area (Å²) in [5.41, 5.74) is 0.650. The summed E-state index contributed by atoms with van der Waals surface area (Å²) in [5, 5.41) is 15.3. The molecule has 0 saturated heterocycles. The summed E-state index contributed by atoms with van der Waals surface area (Å²) in [6.45, 7) is 0.799. The fraction of sp³-hybridized carbons (Fsp3) is 0.364. The van der Waals surface area contributed by atoms with E-state index in [9.17, 15) is 14.6 Å². The molecule has 0 fully saturated rings. The van der Waals surface area contributed by atoms with Crippen molar-refractivity contribution in [2.75, 3.05) is 6.61 Å². The zero-order valence-electron chi connectivity index (χ0n) is 11.0. The molecule has 1 aromatic rings. The van der Waals surface area contributed by atoms with Gasteiger partial charge in [-0.05, 0) is 17.7 Å². The van der Waals surface area contributed by atoms with Crippen molar-refractivity contribution < 1.29 is 39.8 Å². The highest BCUT2D eigenvalue weighted by Gasteiger charge is 2.25. The van der Waals surface area contributed by atoms with Crippen LogP contribution in [0.1, 0.15) is 12.5 Å². The van der Waals surface area contributed by atoms with Crippen LogP contribution in [0.25, 0.3) is 0 Å². The van der Waals surface area contributed by atoms with Crippen molar-refractivity contribution in [3.8, 4) is 5.75 Å². The number of esters is 1. The Morgan fingerprint density at radius 3 is 2.29 bits per heavy atom. The first-order chi connectivity index (χ1) is 9.86. The van der Waals surface area contributed by atoms with Gasteiger partial charge < -0.3 is 4.74 Å². The third-order valence-corrected chi connectivity index (χ3v) is 2.26. The molecule has 0 saturated carbocycles. The predicted molar refractivity (Wildman–Crippen MR) is 63.1 cm³/mol. The topological polar surface area (TPSA) is 125 Å². The molecule has 0 aliphatic heterocycles. The summed E-state index contributed by atoms with van der Waals surface area (Å²) in [6, 6.07) is 6.23. The number of ether oxygens (including phenoxy) is 1. The molecule has 21 heavy (non-hydrogen) atoms. The standard InChI is InChI=1S/C11H14N2O8/c1-8(14)20-10-4-2-9(3-5-10)6-11(21-13(17)18)7-19-12(15)16/h2-5,11H,6-7H2,1H3,(H,15,16)(H,17,18)/q+2. The second-order valence-electron chi connectivity index (χ2n) is 3.94. The minimum absolute atomic E-state index is 0.0908. The Labute approximate surface area is 118 Å². The Morgan fingerprint density at radius 1 is 1.19 bits per heavy atom. The zero-order chi connectivity index (χ0) is 15.8. The van der Waals surface area contributed by atoms with Crippen LogP contribution in [0.15, 0.2) is 24.3 Å². The van der Waals surface area contributed by atoms with Gasteiger partial charge in [-0.3, -0.25) is 4.79 Å². The number of nitrogens with zero attached hydrogens (tertiary/aromatic N) is 2. The maximum Gasteiger partial charge on any atom is 0.475 e. The molecule has 0 spiro atoms. The van der Waals surface area contributed by atoms with Crippen molar-refractivity contribution in [2.45, 2.75) is 19.4 Å². The highest BCUT2D eigenvalue weighted by atomic mass is 17.0. The van der Waals surface area contributed by atoms with Crippen LogP contribution in [0.4, 0.5) is 0 Å². The van der Waals surface area contributed by atoms with E-state index in [0.29, 0.717) is 11.3 Å². The third-order valence-electron chi connectivity index (χ3n) is 2.26. The molecule has 1 unspecified atom stereocenters. The van der Waals surface area contributed by atoms with Crippen LogP contribution >= 0.6 is 0 Å². The minimum Gasteiger partial charge on any atom is -0.427 e. The molecule has 0 aliphatic rings. The molecule has 0 radical (unpaired) electrons. The summed E-state index contributed by atoms with van der Waals surface area (Å²) >= 11 is 0. The quantitative estimate of drug-likeness (QED) is 0.409. The molecule has 1 atom stereocenters. The number of benzene rings is 1. The second-order valence-corrected chi connectivity index (χ2v) is 3.94. The Morgan fingerprint density at radius 2 is 1.81 bits per heavy atom. The first kappa shape index (κ1) is 16.1. The lowest BCUT2D eigenvalue weighted by atomic mass is 10.1. The van der Waals surface area contributed by atoms with E-state index in [2.05, 4.69) is 9.68 Å². The largest absolute Gasteiger partial charge is 0.475 e. The number of carbonyl (C=O) groups is 1. The average molecular weight is 302 g/mol. The maximum atomic E-state index is 10.8. The Bertz CT molecular complexity index is 515. The predicted octanol–water partition coefficient (Wildman–Crippen LogP) is 0.722. The highest BCUT2D eigenvalue weighted by molar-refractivity contribution is 5.69. The van der Waals surface area contributed by atoms with Crippen molar-refractivity contribution in [1.29, 1.82) is 0 Å². The molecule has 0 aromatic heterocycles. The van der Waals surface area contributed by atoms with E-state index >= 15 is 0 Å². The molecule has 114 valence electrons. The monoisotopic (exact) mass is 302 g/mol. The van der Waals surface area contributed by atoms with E-state index in [0.717, 1.165) is 0 Å². The number of carbonyl (C=O) groups excluding carboxylic acids is 1. The van der Waals surface area contributed by atoms with Crippen molar-refractivity contribution >= 4 is 5.97 Å². The van der Waals surface area contributed by atoms with Gasteiger partial charge in [0.25, 0.3) is 0 Å². The fourth-order valence-corrected chi connectivity index (χ4v) is 1.52. The van der Waals surface area contributed by atoms with Crippen molar-refractivity contribution in [2.24, 2.45) is 0 Å². The number of hydrogen-bond acceptors (Lipinski definition) is 6. The smallest absolute Gasteiger partial charge is 0.427 e. The fourth-order valence-electron chi connectivity index (χ4n) is 1.52. The molecular formula is C11H14N2O8+2. The minimum atomic E-state index is -1.02. The SMILES string of the molecule is CC(=O)Oc1ccc(CC(CO[N+](=O)O)O[N+](=O)O)cc1. The van der Waals surface area contributed by atoms with Gasteiger partial charge >= 0.3 is 16.1 Å². The van der Waals surface area contributed by atoms with E-state index in [1.807, 2.05) is 0 Å². The van der Waals surface area contributed by atoms with Gasteiger partial charge in [-0.25, -0.2) is 10.4 Å². The van der Waals surface area contributed by atoms with Crippen LogP contribution in [0, 0.1) is 9.81 Å². The van der Waals surface area contributed by atoms with Crippen molar-refractivity contribution in [3.05, 3.63) is 39.6 Å². The Balaban J connectivity index is 2.66. The van der Waals surface area contributed by atoms with Crippen LogP contribution in [0.2, 0.25) is 0 Å². The lowest BCUT2D eigenvalue weighted by Gasteiger charge is -2.07. The number of rotatable bonds is 8. The van der Waals surface area contributed by atoms with E-state index < -0.39 is 28.9 Å². The van der Waals surface area contributed by atoms with Gasteiger partial charge in [0.2, 0.25) is 12.7 Å². The molecule has 0 bridgehead atoms. The van der Waals surface area contributed by atoms with E-state index in [1.54, 1.807) is 12.1 Å². The van der Waals surface area contributed by atoms with Crippen LogP contribution in [-0.4, -0.2) is 39.3 Å². The Hall–Kier alpha value is -2.91. The van der Waals surface area contributed by atoms with Gasteiger partial charge in [0, 0.05) is 13.3 Å². The summed E-state index contributed by atoms with van der Waals surface area (Å²) in [7, 11) is 0. The van der Waals surface area contributed by atoms with E-state index in [4.69, 9.17) is 15.2 Å². The lowest BCUT2D eigenvalue weighted by molar-refractivity contribution is -0.995. The zero-order valence-corrected chi connectivity index (χ0v) is 11.0. The molecule has 1 aromatic carbocycles. The summed E-state index contributed by atoms with van der Waals surface area (Å²) < 4.78 is 4.84. The normalized spacial score (nSPS) is 11.3. The van der Waals surface area contributed by atoms with Gasteiger partial charge in [-0.2, -0.15) is 9.68 Å². The summed E-state index contributed by atoms with van der Waals surface area (Å²) in [5.74, 6) is -0.119. The lowest BCUT2D eigenvalue weighted by Crippen LogP contribution is -2.27. The summed E-state index contributed by atoms with van der Waals surface area (Å²) in [6.07, 6.45) is -0.927. The van der Waals surface area contributed by atoms with Crippen molar-refractivity contribution in [3.63, 3.8) is 0 Å². The number of hydrogen-bond donors (Lipinski definition) is 2. The maximum absolute atomic E-state index is 10.8. The molecule has 1 rings (SSSR count). The molecule has 0 aliphatic carbocycles. The van der Waals surface area contributed by atoms with Crippen LogP contribution in [0.5, 0.6) is 5.75 Å². The van der Waals surface area contributed by atoms with Gasteiger partial charge in [-0.15, -0.1) is 0 Å². The van der Waals surface area contributed by atoms with Crippen LogP contribution in [-0.2, 0) is 20.9 Å². The first-order valence-electron chi connectivity index (χ1n) is 5.76. The van der Waals surface area contributed by atoms with E-state index in [-0.39, 0.29) is 6.42 Å². The molecule has 2 N–H and O–H groups in total. The van der Waals surface area contributed by atoms with Crippen LogP contribution < -0.4 is 4.74 Å². The first-order valence-corrected chi connectivity index (χ1v) is 5.76.